The van der Waals surface area contributed by atoms with Crippen molar-refractivity contribution in [1.29, 1.82) is 0 Å². The lowest BCUT2D eigenvalue weighted by Gasteiger charge is -2.14. The van der Waals surface area contributed by atoms with Crippen LogP contribution in [0.15, 0.2) is 22.7 Å². The molecule has 1 unspecified atom stereocenters. The number of benzene rings is 1. The van der Waals surface area contributed by atoms with Crippen LogP contribution >= 0.6 is 31.9 Å². The zero-order valence-corrected chi connectivity index (χ0v) is 13.4. The third kappa shape index (κ3) is 4.69. The molecule has 5 heteroatoms. The van der Waals surface area contributed by atoms with Crippen molar-refractivity contribution in [2.75, 3.05) is 11.9 Å². The Balaban J connectivity index is 2.57. The lowest BCUT2D eigenvalue weighted by atomic mass is 10.0. The molecule has 1 atom stereocenters. The van der Waals surface area contributed by atoms with Gasteiger partial charge in [0.2, 0.25) is 0 Å². The Bertz CT molecular complexity index is 412. The third-order valence-electron chi connectivity index (χ3n) is 2.83. The second-order valence-electron chi connectivity index (χ2n) is 4.09. The minimum atomic E-state index is -0.364. The van der Waals surface area contributed by atoms with Crippen molar-refractivity contribution in [2.45, 2.75) is 19.8 Å². The molecule has 0 heterocycles. The Morgan fingerprint density at radius 1 is 1.50 bits per heavy atom. The van der Waals surface area contributed by atoms with Crippen LogP contribution in [0, 0.1) is 11.7 Å². The van der Waals surface area contributed by atoms with E-state index in [2.05, 4.69) is 44.1 Å². The quantitative estimate of drug-likeness (QED) is 0.738. The average Bonchev–Trinajstić information content (AvgIpc) is 2.37. The van der Waals surface area contributed by atoms with Crippen LogP contribution in [0.3, 0.4) is 0 Å². The Labute approximate surface area is 124 Å². The molecule has 0 aliphatic heterocycles. The molecule has 18 heavy (non-hydrogen) atoms. The first-order valence-corrected chi connectivity index (χ1v) is 7.79. The van der Waals surface area contributed by atoms with E-state index in [1.165, 1.54) is 18.2 Å². The Kier molecular flexibility index (Phi) is 6.86. The van der Waals surface area contributed by atoms with E-state index in [4.69, 9.17) is 0 Å². The first kappa shape index (κ1) is 15.6. The van der Waals surface area contributed by atoms with Gasteiger partial charge in [-0.2, -0.15) is 0 Å². The highest BCUT2D eigenvalue weighted by atomic mass is 79.9. The second kappa shape index (κ2) is 7.89. The number of carbonyl (C=O) groups is 1. The maximum absolute atomic E-state index is 13.0. The summed E-state index contributed by atoms with van der Waals surface area (Å²) in [6, 6.07) is 4.27. The molecule has 1 rings (SSSR count). The van der Waals surface area contributed by atoms with Crippen molar-refractivity contribution < 1.29 is 9.18 Å². The van der Waals surface area contributed by atoms with Crippen LogP contribution in [-0.4, -0.2) is 17.8 Å². The molecule has 1 aromatic carbocycles. The molecule has 1 N–H and O–H groups in total. The van der Waals surface area contributed by atoms with Crippen molar-refractivity contribution in [3.8, 4) is 0 Å². The Morgan fingerprint density at radius 3 is 2.78 bits per heavy atom. The van der Waals surface area contributed by atoms with Gasteiger partial charge in [-0.25, -0.2) is 4.39 Å². The van der Waals surface area contributed by atoms with E-state index < -0.39 is 0 Å². The summed E-state index contributed by atoms with van der Waals surface area (Å²) in [6.45, 7) is 2.75. The second-order valence-corrected chi connectivity index (χ2v) is 5.74. The molecule has 100 valence electrons. The molecule has 0 saturated heterocycles. The summed E-state index contributed by atoms with van der Waals surface area (Å²) in [7, 11) is 0. The van der Waals surface area contributed by atoms with E-state index in [0.29, 0.717) is 22.5 Å². The molecule has 0 spiro atoms. The first-order valence-electron chi connectivity index (χ1n) is 5.87. The Morgan fingerprint density at radius 2 is 2.22 bits per heavy atom. The van der Waals surface area contributed by atoms with Crippen LogP contribution in [0.4, 0.5) is 4.39 Å². The van der Waals surface area contributed by atoms with Gasteiger partial charge in [0.1, 0.15) is 5.82 Å². The minimum absolute atomic E-state index is 0.163. The molecule has 0 fully saturated rings. The van der Waals surface area contributed by atoms with Crippen molar-refractivity contribution in [1.82, 2.24) is 5.32 Å². The first-order chi connectivity index (χ1) is 8.58. The van der Waals surface area contributed by atoms with Crippen molar-refractivity contribution in [3.05, 3.63) is 34.1 Å². The predicted octanol–water partition coefficient (Wildman–Crippen LogP) is 4.13. The fourth-order valence-electron chi connectivity index (χ4n) is 1.58. The highest BCUT2D eigenvalue weighted by molar-refractivity contribution is 9.10. The smallest absolute Gasteiger partial charge is 0.251 e. The van der Waals surface area contributed by atoms with E-state index in [0.717, 1.165) is 18.2 Å². The van der Waals surface area contributed by atoms with Gasteiger partial charge in [-0.3, -0.25) is 4.79 Å². The number of nitrogens with one attached hydrogen (secondary N) is 1. The van der Waals surface area contributed by atoms with Crippen LogP contribution < -0.4 is 5.32 Å². The van der Waals surface area contributed by atoms with E-state index in [-0.39, 0.29) is 11.7 Å². The van der Waals surface area contributed by atoms with Crippen molar-refractivity contribution in [2.24, 2.45) is 5.92 Å². The summed E-state index contributed by atoms with van der Waals surface area (Å²) in [5.74, 6) is -0.0572. The summed E-state index contributed by atoms with van der Waals surface area (Å²) < 4.78 is 13.4. The molecule has 0 bridgehead atoms. The molecule has 0 saturated carbocycles. The van der Waals surface area contributed by atoms with Gasteiger partial charge in [-0.15, -0.1) is 0 Å². The van der Waals surface area contributed by atoms with Crippen LogP contribution in [0.25, 0.3) is 0 Å². The highest BCUT2D eigenvalue weighted by Gasteiger charge is 2.11. The zero-order valence-electron chi connectivity index (χ0n) is 10.2. The van der Waals surface area contributed by atoms with Crippen LogP contribution in [0.5, 0.6) is 0 Å². The zero-order chi connectivity index (χ0) is 13.5. The summed E-state index contributed by atoms with van der Waals surface area (Å²) in [6.07, 6.45) is 2.06. The van der Waals surface area contributed by atoms with Gasteiger partial charge < -0.3 is 5.32 Å². The van der Waals surface area contributed by atoms with Gasteiger partial charge in [0.25, 0.3) is 5.91 Å². The van der Waals surface area contributed by atoms with E-state index in [9.17, 15) is 9.18 Å². The highest BCUT2D eigenvalue weighted by Crippen LogP contribution is 2.17. The molecule has 0 aliphatic rings. The van der Waals surface area contributed by atoms with E-state index in [1.54, 1.807) is 0 Å². The van der Waals surface area contributed by atoms with E-state index >= 15 is 0 Å². The molecular weight excluding hydrogens is 365 g/mol. The molecular formula is C13H16Br2FNO. The molecule has 0 aliphatic carbocycles. The lowest BCUT2D eigenvalue weighted by Crippen LogP contribution is -2.29. The van der Waals surface area contributed by atoms with Gasteiger partial charge in [-0.05, 0) is 46.5 Å². The van der Waals surface area contributed by atoms with Gasteiger partial charge in [0.15, 0.2) is 0 Å². The van der Waals surface area contributed by atoms with E-state index in [1.807, 2.05) is 0 Å². The number of amides is 1. The molecule has 0 aromatic heterocycles. The fourth-order valence-corrected chi connectivity index (χ4v) is 2.61. The molecule has 1 amide bonds. The van der Waals surface area contributed by atoms with Gasteiger partial charge >= 0.3 is 0 Å². The molecule has 2 nitrogen and oxygen atoms in total. The van der Waals surface area contributed by atoms with Crippen LogP contribution in [-0.2, 0) is 0 Å². The number of halogens is 3. The average molecular weight is 381 g/mol. The monoisotopic (exact) mass is 379 g/mol. The summed E-state index contributed by atoms with van der Waals surface area (Å²) in [5.41, 5.74) is 0.469. The fraction of sp³-hybridized carbons (Fsp3) is 0.462. The SMILES string of the molecule is CCC(CCBr)CNC(=O)c1ccc(F)c(Br)c1. The summed E-state index contributed by atoms with van der Waals surface area (Å²) >= 11 is 6.47. The predicted molar refractivity (Wildman–Crippen MR) is 78.6 cm³/mol. The van der Waals surface area contributed by atoms with Gasteiger partial charge in [-0.1, -0.05) is 29.3 Å². The van der Waals surface area contributed by atoms with Crippen LogP contribution in [0.2, 0.25) is 0 Å². The number of hydrogen-bond acceptors (Lipinski definition) is 1. The maximum Gasteiger partial charge on any atom is 0.251 e. The molecule has 1 aromatic rings. The van der Waals surface area contributed by atoms with Crippen molar-refractivity contribution >= 4 is 37.8 Å². The Hall–Kier alpha value is -0.420. The summed E-state index contributed by atoms with van der Waals surface area (Å²) in [4.78, 5) is 11.9. The largest absolute Gasteiger partial charge is 0.352 e. The lowest BCUT2D eigenvalue weighted by molar-refractivity contribution is 0.0946. The summed E-state index contributed by atoms with van der Waals surface area (Å²) in [5, 5.41) is 3.81. The van der Waals surface area contributed by atoms with Gasteiger partial charge in [0.05, 0.1) is 4.47 Å². The molecule has 0 radical (unpaired) electrons. The number of alkyl halides is 1. The maximum atomic E-state index is 13.0. The topological polar surface area (TPSA) is 29.1 Å². The minimum Gasteiger partial charge on any atom is -0.352 e. The number of rotatable bonds is 6. The third-order valence-corrected chi connectivity index (χ3v) is 3.89. The van der Waals surface area contributed by atoms with Crippen molar-refractivity contribution in [3.63, 3.8) is 0 Å². The number of hydrogen-bond donors (Lipinski definition) is 1. The van der Waals surface area contributed by atoms with Gasteiger partial charge in [0, 0.05) is 17.4 Å². The van der Waals surface area contributed by atoms with Crippen LogP contribution in [0.1, 0.15) is 30.1 Å². The normalized spacial score (nSPS) is 12.2. The standard InChI is InChI=1S/C13H16Br2FNO/c1-2-9(5-6-14)8-17-13(18)10-3-4-12(16)11(15)7-10/h3-4,7,9H,2,5-6,8H2,1H3,(H,17,18). The number of carbonyl (C=O) groups excluding carboxylic acids is 1.